The molecule has 2 fully saturated rings. The van der Waals surface area contributed by atoms with Crippen LogP contribution in [0.25, 0.3) is 0 Å². The average molecular weight is 330 g/mol. The molecular formula is C14H22N2O5S. The Morgan fingerprint density at radius 2 is 2.09 bits per heavy atom. The van der Waals surface area contributed by atoms with Crippen LogP contribution in [0.5, 0.6) is 0 Å². The number of rotatable bonds is 6. The van der Waals surface area contributed by atoms with Gasteiger partial charge in [0.05, 0.1) is 18.8 Å². The Hall–Kier alpha value is -0.960. The fourth-order valence-corrected chi connectivity index (χ4v) is 4.30. The second-order valence-corrected chi connectivity index (χ2v) is 7.71. The molecule has 8 heteroatoms. The van der Waals surface area contributed by atoms with Gasteiger partial charge in [-0.3, -0.25) is 0 Å². The molecule has 0 radical (unpaired) electrons. The number of hydrogen-bond acceptors (Lipinski definition) is 6. The first-order valence-corrected chi connectivity index (χ1v) is 9.10. The van der Waals surface area contributed by atoms with Crippen molar-refractivity contribution in [3.05, 3.63) is 11.5 Å². The predicted octanol–water partition coefficient (Wildman–Crippen LogP) is 1.15. The predicted molar refractivity (Wildman–Crippen MR) is 78.0 cm³/mol. The van der Waals surface area contributed by atoms with E-state index in [1.165, 1.54) is 12.8 Å². The molecule has 0 aromatic carbocycles. The summed E-state index contributed by atoms with van der Waals surface area (Å²) < 4.78 is 44.2. The van der Waals surface area contributed by atoms with Gasteiger partial charge in [0, 0.05) is 13.2 Å². The highest BCUT2D eigenvalue weighted by Gasteiger charge is 2.34. The molecule has 1 saturated carbocycles. The van der Waals surface area contributed by atoms with Crippen LogP contribution in [0, 0.1) is 19.8 Å². The van der Waals surface area contributed by atoms with Crippen LogP contribution in [0.1, 0.15) is 30.7 Å². The van der Waals surface area contributed by atoms with Crippen LogP contribution < -0.4 is 4.72 Å². The van der Waals surface area contributed by atoms with Crippen molar-refractivity contribution in [2.24, 2.45) is 5.92 Å². The van der Waals surface area contributed by atoms with E-state index in [1.807, 2.05) is 0 Å². The summed E-state index contributed by atoms with van der Waals surface area (Å²) in [5, 5.41) is 3.71. The molecule has 0 bridgehead atoms. The zero-order valence-corrected chi connectivity index (χ0v) is 13.7. The van der Waals surface area contributed by atoms with Crippen LogP contribution in [-0.2, 0) is 19.5 Å². The Balaban J connectivity index is 1.71. The van der Waals surface area contributed by atoms with Gasteiger partial charge in [0.2, 0.25) is 10.0 Å². The molecule has 7 nitrogen and oxygen atoms in total. The van der Waals surface area contributed by atoms with Gasteiger partial charge < -0.3 is 14.0 Å². The summed E-state index contributed by atoms with van der Waals surface area (Å²) in [6, 6.07) is -0.286. The van der Waals surface area contributed by atoms with E-state index in [9.17, 15) is 8.42 Å². The molecule has 0 unspecified atom stereocenters. The van der Waals surface area contributed by atoms with Gasteiger partial charge in [-0.25, -0.2) is 13.1 Å². The summed E-state index contributed by atoms with van der Waals surface area (Å²) in [6.07, 6.45) is 2.74. The third-order valence-electron chi connectivity index (χ3n) is 4.09. The van der Waals surface area contributed by atoms with Crippen molar-refractivity contribution in [1.29, 1.82) is 0 Å². The Kier molecular flexibility index (Phi) is 4.54. The summed E-state index contributed by atoms with van der Waals surface area (Å²) in [5.41, 5.74) is 0.368. The molecule has 2 atom stereocenters. The number of sulfonamides is 1. The van der Waals surface area contributed by atoms with E-state index >= 15 is 0 Å². The number of nitrogens with zero attached hydrogens (tertiary/aromatic N) is 1. The topological polar surface area (TPSA) is 90.7 Å². The smallest absolute Gasteiger partial charge is 0.246 e. The van der Waals surface area contributed by atoms with Crippen LogP contribution >= 0.6 is 0 Å². The summed E-state index contributed by atoms with van der Waals surface area (Å²) in [5.74, 6) is 0.925. The lowest BCUT2D eigenvalue weighted by molar-refractivity contribution is -0.0672. The van der Waals surface area contributed by atoms with Crippen molar-refractivity contribution < 1.29 is 22.4 Å². The van der Waals surface area contributed by atoms with Crippen molar-refractivity contribution in [2.75, 3.05) is 19.8 Å². The Bertz CT molecular complexity index is 604. The second-order valence-electron chi connectivity index (χ2n) is 6.06. The molecule has 3 rings (SSSR count). The van der Waals surface area contributed by atoms with E-state index < -0.39 is 10.0 Å². The molecule has 1 aliphatic carbocycles. The average Bonchev–Trinajstić information content (AvgIpc) is 3.22. The van der Waals surface area contributed by atoms with E-state index in [2.05, 4.69) is 9.88 Å². The fraction of sp³-hybridized carbons (Fsp3) is 0.786. The zero-order chi connectivity index (χ0) is 15.7. The standard InChI is InChI=1S/C14H22N2O5S/c1-9-14(10(2)21-15-9)22(17,18)16-12-5-6-19-8-13(12)20-7-11-3-4-11/h11-13,16H,3-8H2,1-2H3/t12-,13-/m1/s1. The molecule has 0 amide bonds. The van der Waals surface area contributed by atoms with Gasteiger partial charge in [-0.2, -0.15) is 0 Å². The van der Waals surface area contributed by atoms with Gasteiger partial charge in [0.25, 0.3) is 0 Å². The number of aryl methyl sites for hydroxylation is 2. The zero-order valence-electron chi connectivity index (χ0n) is 12.9. The highest BCUT2D eigenvalue weighted by Crippen LogP contribution is 2.30. The van der Waals surface area contributed by atoms with Crippen LogP contribution in [0.3, 0.4) is 0 Å². The van der Waals surface area contributed by atoms with Crippen molar-refractivity contribution in [1.82, 2.24) is 9.88 Å². The SMILES string of the molecule is Cc1noc(C)c1S(=O)(=O)N[C@@H]1CCOC[C@H]1OCC1CC1. The number of ether oxygens (including phenoxy) is 2. The molecule has 22 heavy (non-hydrogen) atoms. The first kappa shape index (κ1) is 15.9. The quantitative estimate of drug-likeness (QED) is 0.841. The molecule has 1 N–H and O–H groups in total. The van der Waals surface area contributed by atoms with E-state index in [1.54, 1.807) is 13.8 Å². The maximum atomic E-state index is 12.6. The van der Waals surface area contributed by atoms with Gasteiger partial charge >= 0.3 is 0 Å². The Morgan fingerprint density at radius 1 is 1.32 bits per heavy atom. The van der Waals surface area contributed by atoms with Crippen LogP contribution in [0.15, 0.2) is 9.42 Å². The van der Waals surface area contributed by atoms with Crippen molar-refractivity contribution >= 4 is 10.0 Å². The Morgan fingerprint density at radius 3 is 2.73 bits per heavy atom. The maximum absolute atomic E-state index is 12.6. The van der Waals surface area contributed by atoms with Crippen molar-refractivity contribution in [3.63, 3.8) is 0 Å². The minimum atomic E-state index is -3.68. The third kappa shape index (κ3) is 3.51. The summed E-state index contributed by atoms with van der Waals surface area (Å²) in [6.45, 7) is 4.84. The normalized spacial score (nSPS) is 26.3. The van der Waals surface area contributed by atoms with E-state index in [0.717, 1.165) is 0 Å². The van der Waals surface area contributed by atoms with Gasteiger partial charge in [0.1, 0.15) is 10.6 Å². The molecule has 2 aliphatic rings. The Labute approximate surface area is 130 Å². The lowest BCUT2D eigenvalue weighted by Gasteiger charge is -2.31. The van der Waals surface area contributed by atoms with E-state index in [0.29, 0.717) is 43.6 Å². The van der Waals surface area contributed by atoms with Crippen molar-refractivity contribution in [3.8, 4) is 0 Å². The number of aromatic nitrogens is 1. The molecule has 124 valence electrons. The molecule has 1 aromatic heterocycles. The van der Waals surface area contributed by atoms with Gasteiger partial charge in [-0.1, -0.05) is 5.16 Å². The molecule has 1 aromatic rings. The van der Waals surface area contributed by atoms with Crippen LogP contribution in [0.4, 0.5) is 0 Å². The molecule has 1 saturated heterocycles. The monoisotopic (exact) mass is 330 g/mol. The summed E-state index contributed by atoms with van der Waals surface area (Å²) >= 11 is 0. The third-order valence-corrected chi connectivity index (χ3v) is 5.82. The van der Waals surface area contributed by atoms with Gasteiger partial charge in [-0.05, 0) is 39.0 Å². The maximum Gasteiger partial charge on any atom is 0.246 e. The second kappa shape index (κ2) is 6.27. The lowest BCUT2D eigenvalue weighted by Crippen LogP contribution is -2.50. The van der Waals surface area contributed by atoms with Crippen molar-refractivity contribution in [2.45, 2.75) is 50.2 Å². The fourth-order valence-electron chi connectivity index (χ4n) is 2.67. The minimum absolute atomic E-state index is 0.125. The minimum Gasteiger partial charge on any atom is -0.379 e. The summed E-state index contributed by atoms with van der Waals surface area (Å²) in [7, 11) is -3.68. The van der Waals surface area contributed by atoms with Gasteiger partial charge in [-0.15, -0.1) is 0 Å². The first-order valence-electron chi connectivity index (χ1n) is 7.62. The lowest BCUT2D eigenvalue weighted by atomic mass is 10.1. The van der Waals surface area contributed by atoms with Crippen LogP contribution in [0.2, 0.25) is 0 Å². The van der Waals surface area contributed by atoms with Crippen LogP contribution in [-0.4, -0.2) is 45.5 Å². The van der Waals surface area contributed by atoms with Gasteiger partial charge in [0.15, 0.2) is 5.76 Å². The highest BCUT2D eigenvalue weighted by molar-refractivity contribution is 7.89. The molecular weight excluding hydrogens is 308 g/mol. The van der Waals surface area contributed by atoms with E-state index in [4.69, 9.17) is 14.0 Å². The summed E-state index contributed by atoms with van der Waals surface area (Å²) in [4.78, 5) is 0.125. The number of hydrogen-bond donors (Lipinski definition) is 1. The largest absolute Gasteiger partial charge is 0.379 e. The number of nitrogens with one attached hydrogen (secondary N) is 1. The highest BCUT2D eigenvalue weighted by atomic mass is 32.2. The molecule has 0 spiro atoms. The first-order chi connectivity index (χ1) is 10.5. The van der Waals surface area contributed by atoms with E-state index in [-0.39, 0.29) is 17.0 Å². The molecule has 2 heterocycles. The molecule has 1 aliphatic heterocycles.